The minimum absolute atomic E-state index is 0.0605. The van der Waals surface area contributed by atoms with E-state index in [1.807, 2.05) is 4.90 Å². The lowest BCUT2D eigenvalue weighted by molar-refractivity contribution is -0.117. The Bertz CT molecular complexity index is 723. The van der Waals surface area contributed by atoms with Gasteiger partial charge in [0.2, 0.25) is 5.91 Å². The van der Waals surface area contributed by atoms with Crippen molar-refractivity contribution >= 4 is 17.3 Å². The van der Waals surface area contributed by atoms with Gasteiger partial charge in [0.15, 0.2) is 0 Å². The van der Waals surface area contributed by atoms with Crippen molar-refractivity contribution in [3.8, 4) is 0 Å². The standard InChI is InChI=1S/C18H18F3N3O/c19-13-4-6-14(7-5-13)24-10-8-23(9-11-24)12-17(25)22-18-15(20)2-1-3-16(18)21/h1-7H,8-12H2,(H,22,25). The van der Waals surface area contributed by atoms with Gasteiger partial charge in [-0.2, -0.15) is 0 Å². The summed E-state index contributed by atoms with van der Waals surface area (Å²) in [6.07, 6.45) is 0. The minimum Gasteiger partial charge on any atom is -0.369 e. The van der Waals surface area contributed by atoms with Gasteiger partial charge in [-0.15, -0.1) is 0 Å². The van der Waals surface area contributed by atoms with Gasteiger partial charge in [-0.05, 0) is 36.4 Å². The number of rotatable bonds is 4. The summed E-state index contributed by atoms with van der Waals surface area (Å²) in [6, 6.07) is 9.71. The second-order valence-electron chi connectivity index (χ2n) is 5.88. The topological polar surface area (TPSA) is 35.6 Å². The van der Waals surface area contributed by atoms with Gasteiger partial charge in [0.1, 0.15) is 23.1 Å². The predicted octanol–water partition coefficient (Wildman–Crippen LogP) is 2.86. The van der Waals surface area contributed by atoms with Crippen LogP contribution in [0.25, 0.3) is 0 Å². The van der Waals surface area contributed by atoms with Crippen molar-refractivity contribution < 1.29 is 18.0 Å². The largest absolute Gasteiger partial charge is 0.369 e. The Balaban J connectivity index is 1.52. The van der Waals surface area contributed by atoms with Gasteiger partial charge in [0, 0.05) is 31.9 Å². The quantitative estimate of drug-likeness (QED) is 0.922. The van der Waals surface area contributed by atoms with E-state index in [-0.39, 0.29) is 12.4 Å². The molecule has 25 heavy (non-hydrogen) atoms. The number of hydrogen-bond acceptors (Lipinski definition) is 3. The molecule has 132 valence electrons. The fourth-order valence-electron chi connectivity index (χ4n) is 2.82. The number of amides is 1. The zero-order valence-corrected chi connectivity index (χ0v) is 13.5. The Morgan fingerprint density at radius 3 is 2.12 bits per heavy atom. The molecule has 1 heterocycles. The van der Waals surface area contributed by atoms with Gasteiger partial charge in [-0.3, -0.25) is 9.69 Å². The summed E-state index contributed by atoms with van der Waals surface area (Å²) in [5.41, 5.74) is 0.511. The highest BCUT2D eigenvalue weighted by molar-refractivity contribution is 5.92. The van der Waals surface area contributed by atoms with E-state index in [2.05, 4.69) is 10.2 Å². The first-order chi connectivity index (χ1) is 12.0. The molecule has 0 saturated carbocycles. The second kappa shape index (κ2) is 7.57. The van der Waals surface area contributed by atoms with E-state index in [1.165, 1.54) is 18.2 Å². The van der Waals surface area contributed by atoms with Crippen LogP contribution < -0.4 is 10.2 Å². The molecule has 1 fully saturated rings. The summed E-state index contributed by atoms with van der Waals surface area (Å²) in [6.45, 7) is 2.69. The molecule has 1 aliphatic rings. The maximum absolute atomic E-state index is 13.6. The van der Waals surface area contributed by atoms with Crippen molar-refractivity contribution in [3.05, 3.63) is 59.9 Å². The molecule has 0 radical (unpaired) electrons. The van der Waals surface area contributed by atoms with E-state index in [0.717, 1.165) is 17.8 Å². The van der Waals surface area contributed by atoms with Gasteiger partial charge in [-0.1, -0.05) is 6.07 Å². The van der Waals surface area contributed by atoms with Crippen molar-refractivity contribution in [1.82, 2.24) is 4.90 Å². The van der Waals surface area contributed by atoms with Gasteiger partial charge < -0.3 is 10.2 Å². The van der Waals surface area contributed by atoms with E-state index in [0.29, 0.717) is 26.2 Å². The first-order valence-electron chi connectivity index (χ1n) is 7.99. The summed E-state index contributed by atoms with van der Waals surface area (Å²) in [4.78, 5) is 16.0. The maximum atomic E-state index is 13.6. The van der Waals surface area contributed by atoms with Gasteiger partial charge in [0.05, 0.1) is 6.54 Å². The first kappa shape index (κ1) is 17.3. The van der Waals surface area contributed by atoms with Crippen molar-refractivity contribution in [2.75, 3.05) is 42.9 Å². The van der Waals surface area contributed by atoms with Crippen LogP contribution in [0, 0.1) is 17.5 Å². The molecule has 0 bridgehead atoms. The molecule has 0 spiro atoms. The predicted molar refractivity (Wildman–Crippen MR) is 90.0 cm³/mol. The van der Waals surface area contributed by atoms with Crippen LogP contribution in [0.5, 0.6) is 0 Å². The SMILES string of the molecule is O=C(CN1CCN(c2ccc(F)cc2)CC1)Nc1c(F)cccc1F. The van der Waals surface area contributed by atoms with Gasteiger partial charge in [-0.25, -0.2) is 13.2 Å². The second-order valence-corrected chi connectivity index (χ2v) is 5.88. The Labute approximate surface area is 143 Å². The molecule has 1 saturated heterocycles. The average Bonchev–Trinajstić information content (AvgIpc) is 2.60. The molecule has 2 aromatic carbocycles. The van der Waals surface area contributed by atoms with Gasteiger partial charge in [0.25, 0.3) is 0 Å². The molecular weight excluding hydrogens is 331 g/mol. The van der Waals surface area contributed by atoms with Crippen LogP contribution in [-0.4, -0.2) is 43.5 Å². The minimum atomic E-state index is -0.797. The number of hydrogen-bond donors (Lipinski definition) is 1. The number of para-hydroxylation sites is 1. The van der Waals surface area contributed by atoms with Gasteiger partial charge >= 0.3 is 0 Å². The summed E-state index contributed by atoms with van der Waals surface area (Å²) in [7, 11) is 0. The maximum Gasteiger partial charge on any atom is 0.238 e. The van der Waals surface area contributed by atoms with Crippen LogP contribution in [0.1, 0.15) is 0 Å². The molecular formula is C18H18F3N3O. The normalized spacial score (nSPS) is 15.2. The summed E-state index contributed by atoms with van der Waals surface area (Å²) in [5.74, 6) is -2.33. The van der Waals surface area contributed by atoms with Crippen molar-refractivity contribution in [2.45, 2.75) is 0 Å². The van der Waals surface area contributed by atoms with Crippen molar-refractivity contribution in [1.29, 1.82) is 0 Å². The van der Waals surface area contributed by atoms with E-state index in [4.69, 9.17) is 0 Å². The summed E-state index contributed by atoms with van der Waals surface area (Å²) >= 11 is 0. The third kappa shape index (κ3) is 4.30. The fraction of sp³-hybridized carbons (Fsp3) is 0.278. The van der Waals surface area contributed by atoms with Crippen LogP contribution in [0.4, 0.5) is 24.5 Å². The van der Waals surface area contributed by atoms with Crippen molar-refractivity contribution in [2.24, 2.45) is 0 Å². The highest BCUT2D eigenvalue weighted by atomic mass is 19.1. The van der Waals surface area contributed by atoms with Crippen LogP contribution in [0.3, 0.4) is 0 Å². The molecule has 0 aromatic heterocycles. The number of benzene rings is 2. The Morgan fingerprint density at radius 1 is 0.920 bits per heavy atom. The Morgan fingerprint density at radius 2 is 1.52 bits per heavy atom. The Hall–Kier alpha value is -2.54. The molecule has 0 unspecified atom stereocenters. The van der Waals surface area contributed by atoms with Crippen LogP contribution >= 0.6 is 0 Å². The molecule has 3 rings (SSSR count). The highest BCUT2D eigenvalue weighted by Gasteiger charge is 2.20. The van der Waals surface area contributed by atoms with Crippen LogP contribution in [0.15, 0.2) is 42.5 Å². The van der Waals surface area contributed by atoms with Crippen molar-refractivity contribution in [3.63, 3.8) is 0 Å². The van der Waals surface area contributed by atoms with E-state index in [9.17, 15) is 18.0 Å². The lowest BCUT2D eigenvalue weighted by atomic mass is 10.2. The molecule has 1 amide bonds. The number of anilines is 2. The molecule has 7 heteroatoms. The number of carbonyl (C=O) groups is 1. The molecule has 4 nitrogen and oxygen atoms in total. The Kier molecular flexibility index (Phi) is 5.23. The van der Waals surface area contributed by atoms with E-state index in [1.54, 1.807) is 12.1 Å². The fourth-order valence-corrected chi connectivity index (χ4v) is 2.82. The molecule has 1 aliphatic heterocycles. The number of piperazine rings is 1. The molecule has 0 aliphatic carbocycles. The molecule has 0 atom stereocenters. The number of halogens is 3. The number of carbonyl (C=O) groups excluding carboxylic acids is 1. The van der Waals surface area contributed by atoms with Crippen LogP contribution in [0.2, 0.25) is 0 Å². The first-order valence-corrected chi connectivity index (χ1v) is 7.99. The lowest BCUT2D eigenvalue weighted by Crippen LogP contribution is -2.48. The summed E-state index contributed by atoms with van der Waals surface area (Å²) < 4.78 is 40.1. The zero-order valence-electron chi connectivity index (χ0n) is 13.5. The third-order valence-corrected chi connectivity index (χ3v) is 4.16. The molecule has 1 N–H and O–H groups in total. The van der Waals surface area contributed by atoms with E-state index >= 15 is 0 Å². The van der Waals surface area contributed by atoms with Crippen LogP contribution in [-0.2, 0) is 4.79 Å². The summed E-state index contributed by atoms with van der Waals surface area (Å²) in [5, 5.41) is 2.29. The monoisotopic (exact) mass is 349 g/mol. The zero-order chi connectivity index (χ0) is 17.8. The average molecular weight is 349 g/mol. The number of nitrogens with zero attached hydrogens (tertiary/aromatic N) is 2. The number of nitrogens with one attached hydrogen (secondary N) is 1. The van der Waals surface area contributed by atoms with E-state index < -0.39 is 23.2 Å². The highest BCUT2D eigenvalue weighted by Crippen LogP contribution is 2.19. The third-order valence-electron chi connectivity index (χ3n) is 4.16. The smallest absolute Gasteiger partial charge is 0.238 e. The lowest BCUT2D eigenvalue weighted by Gasteiger charge is -2.35. The molecule has 2 aromatic rings.